The van der Waals surface area contributed by atoms with Crippen molar-refractivity contribution in [3.63, 3.8) is 0 Å². The van der Waals surface area contributed by atoms with Crippen molar-refractivity contribution >= 4 is 11.8 Å². The maximum atomic E-state index is 6.29. The van der Waals surface area contributed by atoms with Crippen LogP contribution in [0.2, 0.25) is 0 Å². The van der Waals surface area contributed by atoms with E-state index in [1.165, 1.54) is 5.56 Å². The molecule has 100 valence electrons. The summed E-state index contributed by atoms with van der Waals surface area (Å²) in [5.41, 5.74) is 7.54. The molecule has 2 unspecified atom stereocenters. The Labute approximate surface area is 114 Å². The summed E-state index contributed by atoms with van der Waals surface area (Å²) in [6.45, 7) is 3.93. The lowest BCUT2D eigenvalue weighted by atomic mass is 10.1. The SMILES string of the molecule is CCC(N)C(SC1CCOCC1)c1cccnc1. The Morgan fingerprint density at radius 1 is 1.50 bits per heavy atom. The maximum absolute atomic E-state index is 6.29. The van der Waals surface area contributed by atoms with Gasteiger partial charge in [0.15, 0.2) is 0 Å². The Bertz CT molecular complexity index is 341. The highest BCUT2D eigenvalue weighted by molar-refractivity contribution is 8.00. The van der Waals surface area contributed by atoms with E-state index in [1.54, 1.807) is 0 Å². The highest BCUT2D eigenvalue weighted by Gasteiger charge is 2.25. The van der Waals surface area contributed by atoms with Crippen molar-refractivity contribution in [2.45, 2.75) is 42.7 Å². The van der Waals surface area contributed by atoms with Crippen LogP contribution < -0.4 is 5.73 Å². The molecule has 3 nitrogen and oxygen atoms in total. The highest BCUT2D eigenvalue weighted by Crippen LogP contribution is 2.38. The number of hydrogen-bond acceptors (Lipinski definition) is 4. The zero-order valence-electron chi connectivity index (χ0n) is 10.9. The van der Waals surface area contributed by atoms with Gasteiger partial charge in [0.1, 0.15) is 0 Å². The lowest BCUT2D eigenvalue weighted by molar-refractivity contribution is 0.0999. The molecule has 0 saturated carbocycles. The lowest BCUT2D eigenvalue weighted by Gasteiger charge is -2.29. The van der Waals surface area contributed by atoms with E-state index in [4.69, 9.17) is 10.5 Å². The van der Waals surface area contributed by atoms with Crippen LogP contribution in [0.15, 0.2) is 24.5 Å². The molecule has 2 rings (SSSR count). The average Bonchev–Trinajstić information content (AvgIpc) is 2.46. The van der Waals surface area contributed by atoms with Crippen LogP contribution in [0.25, 0.3) is 0 Å². The molecule has 2 N–H and O–H groups in total. The van der Waals surface area contributed by atoms with E-state index in [-0.39, 0.29) is 6.04 Å². The van der Waals surface area contributed by atoms with Gasteiger partial charge >= 0.3 is 0 Å². The quantitative estimate of drug-likeness (QED) is 0.890. The van der Waals surface area contributed by atoms with Crippen LogP contribution in [0.1, 0.15) is 37.0 Å². The van der Waals surface area contributed by atoms with Crippen molar-refractivity contribution in [3.8, 4) is 0 Å². The van der Waals surface area contributed by atoms with Crippen LogP contribution in [-0.2, 0) is 4.74 Å². The van der Waals surface area contributed by atoms with E-state index in [0.29, 0.717) is 10.5 Å². The number of aromatic nitrogens is 1. The number of nitrogens with zero attached hydrogens (tertiary/aromatic N) is 1. The third-order valence-corrected chi connectivity index (χ3v) is 5.15. The van der Waals surface area contributed by atoms with Gasteiger partial charge < -0.3 is 10.5 Å². The molecule has 1 aromatic heterocycles. The largest absolute Gasteiger partial charge is 0.381 e. The second kappa shape index (κ2) is 7.12. The van der Waals surface area contributed by atoms with E-state index in [0.717, 1.165) is 32.5 Å². The van der Waals surface area contributed by atoms with Crippen molar-refractivity contribution in [2.75, 3.05) is 13.2 Å². The second-order valence-corrected chi connectivity index (χ2v) is 6.17. The van der Waals surface area contributed by atoms with Crippen LogP contribution in [0.5, 0.6) is 0 Å². The minimum absolute atomic E-state index is 0.196. The molecule has 1 fully saturated rings. The summed E-state index contributed by atoms with van der Waals surface area (Å²) in [6.07, 6.45) is 7.04. The predicted octanol–water partition coefficient (Wildman–Crippen LogP) is 2.77. The summed E-state index contributed by atoms with van der Waals surface area (Å²) in [4.78, 5) is 4.22. The standard InChI is InChI=1S/C14H22N2OS/c1-2-13(15)14(11-4-3-7-16-10-11)18-12-5-8-17-9-6-12/h3-4,7,10,12-14H,2,5-6,8-9,15H2,1H3. The molecule has 4 heteroatoms. The van der Waals surface area contributed by atoms with Gasteiger partial charge in [-0.1, -0.05) is 13.0 Å². The first-order valence-corrected chi connectivity index (χ1v) is 7.64. The van der Waals surface area contributed by atoms with Gasteiger partial charge in [0.2, 0.25) is 0 Å². The van der Waals surface area contributed by atoms with E-state index in [2.05, 4.69) is 18.0 Å². The average molecular weight is 266 g/mol. The van der Waals surface area contributed by atoms with Crippen LogP contribution in [0.3, 0.4) is 0 Å². The summed E-state index contributed by atoms with van der Waals surface area (Å²) in [7, 11) is 0. The topological polar surface area (TPSA) is 48.1 Å². The molecule has 2 heterocycles. The molecule has 2 atom stereocenters. The number of hydrogen-bond donors (Lipinski definition) is 1. The van der Waals surface area contributed by atoms with E-state index >= 15 is 0 Å². The van der Waals surface area contributed by atoms with Gasteiger partial charge in [0, 0.05) is 42.1 Å². The van der Waals surface area contributed by atoms with Gasteiger partial charge in [0.05, 0.1) is 0 Å². The van der Waals surface area contributed by atoms with Gasteiger partial charge in [-0.15, -0.1) is 11.8 Å². The molecule has 18 heavy (non-hydrogen) atoms. The number of nitrogens with two attached hydrogens (primary N) is 1. The fourth-order valence-electron chi connectivity index (χ4n) is 2.20. The van der Waals surface area contributed by atoms with Crippen molar-refractivity contribution in [1.29, 1.82) is 0 Å². The minimum Gasteiger partial charge on any atom is -0.381 e. The molecular formula is C14H22N2OS. The monoisotopic (exact) mass is 266 g/mol. The first-order valence-electron chi connectivity index (χ1n) is 6.70. The molecule has 0 bridgehead atoms. The number of rotatable bonds is 5. The molecule has 1 aromatic rings. The van der Waals surface area contributed by atoms with Crippen LogP contribution in [0.4, 0.5) is 0 Å². The summed E-state index contributed by atoms with van der Waals surface area (Å²) in [5, 5.41) is 1.02. The number of ether oxygens (including phenoxy) is 1. The molecule has 1 aliphatic rings. The summed E-state index contributed by atoms with van der Waals surface area (Å²) in [6, 6.07) is 4.33. The third-order valence-electron chi connectivity index (χ3n) is 3.38. The van der Waals surface area contributed by atoms with Crippen molar-refractivity contribution in [1.82, 2.24) is 4.98 Å². The maximum Gasteiger partial charge on any atom is 0.0476 e. The Hall–Kier alpha value is -0.580. The Kier molecular flexibility index (Phi) is 5.47. The zero-order valence-corrected chi connectivity index (χ0v) is 11.7. The second-order valence-electron chi connectivity index (χ2n) is 4.73. The molecule has 0 radical (unpaired) electrons. The molecule has 0 aromatic carbocycles. The fraction of sp³-hybridized carbons (Fsp3) is 0.643. The van der Waals surface area contributed by atoms with Crippen molar-refractivity contribution in [2.24, 2.45) is 5.73 Å². The molecule has 0 amide bonds. The Balaban J connectivity index is 2.05. The van der Waals surface area contributed by atoms with Crippen molar-refractivity contribution < 1.29 is 4.74 Å². The van der Waals surface area contributed by atoms with Gasteiger partial charge in [-0.25, -0.2) is 0 Å². The van der Waals surface area contributed by atoms with E-state index in [1.807, 2.05) is 30.2 Å². The van der Waals surface area contributed by atoms with Gasteiger partial charge in [-0.3, -0.25) is 4.98 Å². The summed E-state index contributed by atoms with van der Waals surface area (Å²) < 4.78 is 5.42. The summed E-state index contributed by atoms with van der Waals surface area (Å²) in [5.74, 6) is 0. The van der Waals surface area contributed by atoms with E-state index in [9.17, 15) is 0 Å². The Morgan fingerprint density at radius 2 is 2.28 bits per heavy atom. The van der Waals surface area contributed by atoms with Gasteiger partial charge in [-0.2, -0.15) is 0 Å². The number of pyridine rings is 1. The third kappa shape index (κ3) is 3.70. The fourth-order valence-corrected chi connectivity index (χ4v) is 3.77. The molecule has 0 aliphatic carbocycles. The lowest BCUT2D eigenvalue weighted by Crippen LogP contribution is -2.28. The molecule has 1 saturated heterocycles. The van der Waals surface area contributed by atoms with Crippen LogP contribution in [-0.4, -0.2) is 29.5 Å². The minimum atomic E-state index is 0.196. The van der Waals surface area contributed by atoms with E-state index < -0.39 is 0 Å². The first-order chi connectivity index (χ1) is 8.81. The summed E-state index contributed by atoms with van der Waals surface area (Å²) >= 11 is 2.01. The van der Waals surface area contributed by atoms with Gasteiger partial charge in [-0.05, 0) is 30.9 Å². The van der Waals surface area contributed by atoms with Crippen LogP contribution >= 0.6 is 11.8 Å². The zero-order chi connectivity index (χ0) is 12.8. The molecule has 1 aliphatic heterocycles. The first kappa shape index (κ1) is 13.8. The highest BCUT2D eigenvalue weighted by atomic mass is 32.2. The van der Waals surface area contributed by atoms with Gasteiger partial charge in [0.25, 0.3) is 0 Å². The number of thioether (sulfide) groups is 1. The Morgan fingerprint density at radius 3 is 2.89 bits per heavy atom. The predicted molar refractivity (Wildman–Crippen MR) is 76.7 cm³/mol. The van der Waals surface area contributed by atoms with Crippen molar-refractivity contribution in [3.05, 3.63) is 30.1 Å². The smallest absolute Gasteiger partial charge is 0.0476 e. The molecule has 0 spiro atoms. The normalized spacial score (nSPS) is 20.6. The molecular weight excluding hydrogens is 244 g/mol. The van der Waals surface area contributed by atoms with Crippen LogP contribution in [0, 0.1) is 0 Å².